The third-order valence-corrected chi connectivity index (χ3v) is 11.5. The van der Waals surface area contributed by atoms with Crippen molar-refractivity contribution < 1.29 is 0 Å². The predicted molar refractivity (Wildman–Crippen MR) is 173 cm³/mol. The highest BCUT2D eigenvalue weighted by molar-refractivity contribution is 9.11. The first kappa shape index (κ1) is 27.4. The van der Waals surface area contributed by atoms with Crippen LogP contribution in [0.25, 0.3) is 42.7 Å². The first-order chi connectivity index (χ1) is 18.1. The van der Waals surface area contributed by atoms with E-state index in [0.29, 0.717) is 0 Å². The van der Waals surface area contributed by atoms with E-state index < -0.39 is 0 Å². The Labute approximate surface area is 249 Å². The number of halogens is 2. The van der Waals surface area contributed by atoms with Gasteiger partial charge in [0.05, 0.1) is 19.3 Å². The van der Waals surface area contributed by atoms with E-state index in [-0.39, 0.29) is 0 Å². The Hall–Kier alpha value is -1.12. The van der Waals surface area contributed by atoms with Crippen molar-refractivity contribution in [2.75, 3.05) is 0 Å². The van der Waals surface area contributed by atoms with Crippen LogP contribution in [0.1, 0.15) is 76.3 Å². The number of benzene rings is 2. The highest BCUT2D eigenvalue weighted by atomic mass is 79.9. The lowest BCUT2D eigenvalue weighted by atomic mass is 9.94. The van der Waals surface area contributed by atoms with Crippen molar-refractivity contribution >= 4 is 88.1 Å². The zero-order valence-corrected chi connectivity index (χ0v) is 27.0. The molecule has 37 heavy (non-hydrogen) atoms. The Morgan fingerprint density at radius 3 is 1.54 bits per heavy atom. The molecule has 0 aliphatic heterocycles. The summed E-state index contributed by atoms with van der Waals surface area (Å²) < 4.78 is 12.2. The summed E-state index contributed by atoms with van der Waals surface area (Å²) in [6.45, 7) is 4.54. The Balaban J connectivity index is 1.59. The van der Waals surface area contributed by atoms with Crippen LogP contribution in [0.5, 0.6) is 0 Å². The van der Waals surface area contributed by atoms with Crippen LogP contribution in [0.2, 0.25) is 0 Å². The van der Waals surface area contributed by atoms with Gasteiger partial charge in [0.25, 0.3) is 0 Å². The lowest BCUT2D eigenvalue weighted by Crippen LogP contribution is -1.88. The van der Waals surface area contributed by atoms with Crippen LogP contribution in [0, 0.1) is 0 Å². The molecule has 0 saturated carbocycles. The van der Waals surface area contributed by atoms with Gasteiger partial charge >= 0.3 is 0 Å². The molecule has 0 spiro atoms. The highest BCUT2D eigenvalue weighted by Gasteiger charge is 2.23. The summed E-state index contributed by atoms with van der Waals surface area (Å²) in [5.74, 6) is 0. The molecule has 2 nitrogen and oxygen atoms in total. The van der Waals surface area contributed by atoms with E-state index in [9.17, 15) is 0 Å². The van der Waals surface area contributed by atoms with Gasteiger partial charge in [-0.3, -0.25) is 0 Å². The van der Waals surface area contributed by atoms with E-state index in [1.165, 1.54) is 113 Å². The summed E-state index contributed by atoms with van der Waals surface area (Å²) in [5, 5.41) is 2.52. The first-order valence-electron chi connectivity index (χ1n) is 13.4. The van der Waals surface area contributed by atoms with Crippen LogP contribution in [-0.4, -0.2) is 8.75 Å². The Kier molecular flexibility index (Phi) is 9.51. The number of rotatable bonds is 12. The molecule has 0 unspecified atom stereocenters. The van der Waals surface area contributed by atoms with Crippen molar-refractivity contribution in [2.45, 2.75) is 78.1 Å². The quantitative estimate of drug-likeness (QED) is 0.123. The second-order valence-electron chi connectivity index (χ2n) is 9.70. The lowest BCUT2D eigenvalue weighted by molar-refractivity contribution is 0.667. The van der Waals surface area contributed by atoms with Crippen molar-refractivity contribution in [3.63, 3.8) is 0 Å². The molecule has 0 bridgehead atoms. The van der Waals surface area contributed by atoms with E-state index in [1.807, 2.05) is 22.7 Å². The van der Waals surface area contributed by atoms with E-state index in [4.69, 9.17) is 8.75 Å². The van der Waals surface area contributed by atoms with Crippen molar-refractivity contribution in [2.24, 2.45) is 0 Å². The van der Waals surface area contributed by atoms with E-state index >= 15 is 0 Å². The number of hydrogen-bond donors (Lipinski definition) is 0. The molecule has 5 rings (SSSR count). The topological polar surface area (TPSA) is 25.8 Å². The second kappa shape index (κ2) is 12.8. The monoisotopic (exact) mass is 674 g/mol. The maximum atomic E-state index is 4.87. The molecule has 0 N–H and O–H groups in total. The maximum absolute atomic E-state index is 4.87. The van der Waals surface area contributed by atoms with Crippen LogP contribution in [0.15, 0.2) is 44.0 Å². The fourth-order valence-corrected chi connectivity index (χ4v) is 9.30. The molecule has 0 aliphatic rings. The smallest absolute Gasteiger partial charge is 0.114 e. The molecule has 7 heteroatoms. The third-order valence-electron chi connectivity index (χ3n) is 7.03. The fraction of sp³-hybridized carbons (Fsp3) is 0.400. The van der Waals surface area contributed by atoms with E-state index in [2.05, 4.69) is 82.1 Å². The van der Waals surface area contributed by atoms with Crippen LogP contribution in [-0.2, 0) is 12.8 Å². The molecule has 0 atom stereocenters. The van der Waals surface area contributed by atoms with Gasteiger partial charge in [-0.05, 0) is 91.6 Å². The van der Waals surface area contributed by atoms with Gasteiger partial charge in [0, 0.05) is 20.9 Å². The molecule has 3 heterocycles. The summed E-state index contributed by atoms with van der Waals surface area (Å²) in [6.07, 6.45) is 12.5. The number of unbranched alkanes of at least 4 members (excludes halogenated alkanes) is 6. The van der Waals surface area contributed by atoms with E-state index in [0.717, 1.165) is 23.9 Å². The van der Waals surface area contributed by atoms with Gasteiger partial charge in [-0.1, -0.05) is 76.6 Å². The predicted octanol–water partition coefficient (Wildman–Crippen LogP) is 12.1. The number of aromatic nitrogens is 2. The highest BCUT2D eigenvalue weighted by Crippen LogP contribution is 2.48. The average Bonchev–Trinajstić information content (AvgIpc) is 3.62. The van der Waals surface area contributed by atoms with Crippen molar-refractivity contribution in [1.29, 1.82) is 0 Å². The number of hydrogen-bond acceptors (Lipinski definition) is 5. The minimum absolute atomic E-state index is 1.03. The largest absolute Gasteiger partial charge is 0.172 e. The summed E-state index contributed by atoms with van der Waals surface area (Å²) >= 11 is 12.7. The molecule has 0 aliphatic carbocycles. The standard InChI is InChI=1S/C30H32Br2N2S3/c1-3-5-7-9-13-19-17-23(35-29(19)31)25-21-15-11-12-16-22(21)26(28-27(25)33-37-34-28)24-18-20(30(32)36-24)14-10-8-6-4-2/h11-12,15-18H,3-10,13-14H2,1-2H3. The first-order valence-corrected chi connectivity index (χ1v) is 17.3. The molecule has 0 radical (unpaired) electrons. The van der Waals surface area contributed by atoms with Gasteiger partial charge in [0.15, 0.2) is 0 Å². The number of nitrogens with zero attached hydrogens (tertiary/aromatic N) is 2. The Bertz CT molecular complexity index is 1390. The fourth-order valence-electron chi connectivity index (χ4n) is 5.07. The Morgan fingerprint density at radius 1 is 0.649 bits per heavy atom. The minimum atomic E-state index is 1.03. The van der Waals surface area contributed by atoms with Crippen molar-refractivity contribution in [3.8, 4) is 20.9 Å². The van der Waals surface area contributed by atoms with Crippen LogP contribution in [0.3, 0.4) is 0 Å². The normalized spacial score (nSPS) is 11.8. The zero-order valence-electron chi connectivity index (χ0n) is 21.4. The van der Waals surface area contributed by atoms with Gasteiger partial charge in [0.2, 0.25) is 0 Å². The van der Waals surface area contributed by atoms with Crippen LogP contribution < -0.4 is 0 Å². The van der Waals surface area contributed by atoms with Gasteiger partial charge < -0.3 is 0 Å². The van der Waals surface area contributed by atoms with Gasteiger partial charge in [-0.2, -0.15) is 8.75 Å². The van der Waals surface area contributed by atoms with Crippen LogP contribution in [0.4, 0.5) is 0 Å². The molecular formula is C30H32Br2N2S3. The zero-order chi connectivity index (χ0) is 25.8. The summed E-state index contributed by atoms with van der Waals surface area (Å²) in [4.78, 5) is 2.56. The molecule has 0 fully saturated rings. The molecule has 194 valence electrons. The summed E-state index contributed by atoms with van der Waals surface area (Å²) in [5.41, 5.74) is 7.33. The number of fused-ring (bicyclic) bond motifs is 2. The lowest BCUT2D eigenvalue weighted by Gasteiger charge is -2.11. The molecule has 3 aromatic heterocycles. The molecule has 5 aromatic rings. The minimum Gasteiger partial charge on any atom is -0.172 e. The van der Waals surface area contributed by atoms with Crippen molar-refractivity contribution in [3.05, 3.63) is 55.1 Å². The molecular weight excluding hydrogens is 644 g/mol. The number of aryl methyl sites for hydroxylation is 2. The summed E-state index contributed by atoms with van der Waals surface area (Å²) in [6, 6.07) is 13.6. The molecule has 0 saturated heterocycles. The van der Waals surface area contributed by atoms with E-state index in [1.54, 1.807) is 0 Å². The number of thiophene rings is 2. The second-order valence-corrected chi connectivity index (χ2v) is 15.0. The molecule has 2 aromatic carbocycles. The van der Waals surface area contributed by atoms with Gasteiger partial charge in [-0.15, -0.1) is 22.7 Å². The SMILES string of the molecule is CCCCCCc1cc(-c2c3ccccc3c(-c3cc(CCCCCC)c(Br)s3)c3nsnc23)sc1Br. The van der Waals surface area contributed by atoms with Crippen LogP contribution >= 0.6 is 66.3 Å². The van der Waals surface area contributed by atoms with Gasteiger partial charge in [-0.25, -0.2) is 0 Å². The maximum Gasteiger partial charge on any atom is 0.114 e. The average molecular weight is 677 g/mol. The molecule has 0 amide bonds. The third kappa shape index (κ3) is 5.91. The van der Waals surface area contributed by atoms with Crippen molar-refractivity contribution in [1.82, 2.24) is 8.75 Å². The van der Waals surface area contributed by atoms with Gasteiger partial charge in [0.1, 0.15) is 11.0 Å². The summed E-state index contributed by atoms with van der Waals surface area (Å²) in [7, 11) is 0. The Morgan fingerprint density at radius 2 is 1.11 bits per heavy atom.